The van der Waals surface area contributed by atoms with Crippen molar-refractivity contribution in [2.75, 3.05) is 25.6 Å². The van der Waals surface area contributed by atoms with E-state index in [0.29, 0.717) is 26.2 Å². The summed E-state index contributed by atoms with van der Waals surface area (Å²) < 4.78 is 7.36. The van der Waals surface area contributed by atoms with E-state index in [1.807, 2.05) is 67.7 Å². The summed E-state index contributed by atoms with van der Waals surface area (Å²) in [6.45, 7) is 6.23. The van der Waals surface area contributed by atoms with Crippen molar-refractivity contribution in [2.45, 2.75) is 26.9 Å². The normalized spacial score (nSPS) is 10.8. The molecule has 0 saturated heterocycles. The lowest BCUT2D eigenvalue weighted by Crippen LogP contribution is -2.37. The number of ether oxygens (including phenoxy) is 1. The molecule has 3 rings (SSSR count). The molecule has 0 atom stereocenters. The van der Waals surface area contributed by atoms with Gasteiger partial charge in [0.05, 0.1) is 13.2 Å². The van der Waals surface area contributed by atoms with Crippen LogP contribution in [-0.2, 0) is 17.8 Å². The molecule has 30 heavy (non-hydrogen) atoms. The molecule has 1 heterocycles. The van der Waals surface area contributed by atoms with Crippen LogP contribution in [0.15, 0.2) is 60.8 Å². The highest BCUT2D eigenvalue weighted by atomic mass is 35.5. The van der Waals surface area contributed by atoms with Gasteiger partial charge in [-0.2, -0.15) is 0 Å². The van der Waals surface area contributed by atoms with Gasteiger partial charge in [-0.15, -0.1) is 0 Å². The van der Waals surface area contributed by atoms with Gasteiger partial charge in [-0.05, 0) is 66.9 Å². The summed E-state index contributed by atoms with van der Waals surface area (Å²) in [6.07, 6.45) is 2.02. The molecule has 5 nitrogen and oxygen atoms in total. The summed E-state index contributed by atoms with van der Waals surface area (Å²) in [7, 11) is 1.64. The van der Waals surface area contributed by atoms with Crippen LogP contribution in [0.4, 0.5) is 10.5 Å². The Kier molecular flexibility index (Phi) is 7.55. The van der Waals surface area contributed by atoms with E-state index in [9.17, 15) is 4.79 Å². The molecule has 2 amide bonds. The second kappa shape index (κ2) is 10.3. The molecule has 1 N–H and O–H groups in total. The first kappa shape index (κ1) is 21.9. The van der Waals surface area contributed by atoms with Gasteiger partial charge in [0.2, 0.25) is 0 Å². The van der Waals surface area contributed by atoms with E-state index >= 15 is 0 Å². The number of nitrogens with zero attached hydrogens (tertiary/aromatic N) is 2. The predicted molar refractivity (Wildman–Crippen MR) is 122 cm³/mol. The molecule has 0 saturated carbocycles. The van der Waals surface area contributed by atoms with E-state index in [1.54, 1.807) is 12.0 Å². The average molecular weight is 426 g/mol. The highest BCUT2D eigenvalue weighted by Crippen LogP contribution is 2.17. The Balaban J connectivity index is 1.74. The van der Waals surface area contributed by atoms with Crippen LogP contribution in [0.2, 0.25) is 5.02 Å². The van der Waals surface area contributed by atoms with Crippen LogP contribution < -0.4 is 5.32 Å². The highest BCUT2D eigenvalue weighted by molar-refractivity contribution is 6.30. The van der Waals surface area contributed by atoms with Gasteiger partial charge in [-0.3, -0.25) is 0 Å². The molecule has 0 bridgehead atoms. The minimum Gasteiger partial charge on any atom is -0.383 e. The fourth-order valence-corrected chi connectivity index (χ4v) is 3.46. The zero-order valence-corrected chi connectivity index (χ0v) is 18.4. The molecule has 0 fully saturated rings. The number of aromatic nitrogens is 1. The summed E-state index contributed by atoms with van der Waals surface area (Å²) in [4.78, 5) is 14.8. The Bertz CT molecular complexity index is 1000. The monoisotopic (exact) mass is 425 g/mol. The fourth-order valence-electron chi connectivity index (χ4n) is 3.25. The first-order valence-corrected chi connectivity index (χ1v) is 10.3. The Hall–Kier alpha value is -2.76. The number of amides is 2. The molecule has 158 valence electrons. The summed E-state index contributed by atoms with van der Waals surface area (Å²) in [5.74, 6) is 0. The number of urea groups is 1. The molecule has 1 aromatic heterocycles. The summed E-state index contributed by atoms with van der Waals surface area (Å²) in [5, 5.41) is 3.73. The van der Waals surface area contributed by atoms with Crippen molar-refractivity contribution in [3.63, 3.8) is 0 Å². The number of hydrogen-bond donors (Lipinski definition) is 1. The second-order valence-electron chi connectivity index (χ2n) is 7.40. The third-order valence-corrected chi connectivity index (χ3v) is 5.36. The molecule has 0 aliphatic carbocycles. The third-order valence-electron chi connectivity index (χ3n) is 5.13. The lowest BCUT2D eigenvalue weighted by atomic mass is 10.1. The fraction of sp³-hybridized carbons (Fsp3) is 0.292. The van der Waals surface area contributed by atoms with Gasteiger partial charge in [0.15, 0.2) is 0 Å². The van der Waals surface area contributed by atoms with Crippen LogP contribution in [0.1, 0.15) is 22.4 Å². The van der Waals surface area contributed by atoms with Gasteiger partial charge in [0, 0.05) is 42.8 Å². The van der Waals surface area contributed by atoms with Gasteiger partial charge in [-0.25, -0.2) is 4.79 Å². The van der Waals surface area contributed by atoms with Crippen molar-refractivity contribution in [1.29, 1.82) is 0 Å². The van der Waals surface area contributed by atoms with Gasteiger partial charge in [0.25, 0.3) is 0 Å². The standard InChI is InChI=1S/C24H28ClN3O2/c1-18-9-10-22(14-19(18)2)26-24(29)28(12-13-30-3)17-23-8-5-11-27(23)16-20-6-4-7-21(25)15-20/h4-11,14-15H,12-13,16-17H2,1-3H3,(H,26,29). The Morgan fingerprint density at radius 3 is 2.67 bits per heavy atom. The minimum atomic E-state index is -0.147. The predicted octanol–water partition coefficient (Wildman–Crippen LogP) is 5.49. The molecule has 0 spiro atoms. The lowest BCUT2D eigenvalue weighted by molar-refractivity contribution is 0.152. The van der Waals surface area contributed by atoms with Crippen molar-refractivity contribution in [3.05, 3.63) is 88.2 Å². The molecule has 0 radical (unpaired) electrons. The zero-order valence-electron chi connectivity index (χ0n) is 17.7. The molecular weight excluding hydrogens is 398 g/mol. The van der Waals surface area contributed by atoms with Crippen molar-refractivity contribution >= 4 is 23.3 Å². The summed E-state index contributed by atoms with van der Waals surface area (Å²) >= 11 is 6.12. The van der Waals surface area contributed by atoms with Gasteiger partial charge >= 0.3 is 6.03 Å². The van der Waals surface area contributed by atoms with Crippen molar-refractivity contribution in [1.82, 2.24) is 9.47 Å². The van der Waals surface area contributed by atoms with E-state index < -0.39 is 0 Å². The molecule has 6 heteroatoms. The summed E-state index contributed by atoms with van der Waals surface area (Å²) in [6, 6.07) is 17.6. The number of methoxy groups -OCH3 is 1. The number of nitrogens with one attached hydrogen (secondary N) is 1. The first-order valence-electron chi connectivity index (χ1n) is 9.97. The Labute approximate surface area is 183 Å². The zero-order chi connectivity index (χ0) is 21.5. The molecule has 2 aromatic carbocycles. The largest absolute Gasteiger partial charge is 0.383 e. The van der Waals surface area contributed by atoms with Gasteiger partial charge in [0.1, 0.15) is 0 Å². The number of aryl methyl sites for hydroxylation is 2. The van der Waals surface area contributed by atoms with Crippen LogP contribution >= 0.6 is 11.6 Å². The lowest BCUT2D eigenvalue weighted by Gasteiger charge is -2.24. The third kappa shape index (κ3) is 5.88. The molecule has 0 aliphatic rings. The number of rotatable bonds is 8. The number of halogens is 1. The van der Waals surface area contributed by atoms with E-state index in [1.165, 1.54) is 5.56 Å². The first-order chi connectivity index (χ1) is 14.5. The van der Waals surface area contributed by atoms with Gasteiger partial charge < -0.3 is 19.5 Å². The molecule has 0 aliphatic heterocycles. The quantitative estimate of drug-likeness (QED) is 0.518. The van der Waals surface area contributed by atoms with Crippen molar-refractivity contribution in [2.24, 2.45) is 0 Å². The molecular formula is C24H28ClN3O2. The van der Waals surface area contributed by atoms with Crippen LogP contribution in [0.3, 0.4) is 0 Å². The number of anilines is 1. The molecule has 3 aromatic rings. The summed E-state index contributed by atoms with van der Waals surface area (Å²) in [5.41, 5.74) is 5.29. The SMILES string of the molecule is COCCN(Cc1cccn1Cc1cccc(Cl)c1)C(=O)Nc1ccc(C)c(C)c1. The number of carbonyl (C=O) groups excluding carboxylic acids is 1. The minimum absolute atomic E-state index is 0.147. The Morgan fingerprint density at radius 1 is 1.10 bits per heavy atom. The maximum absolute atomic E-state index is 13.0. The number of carbonyl (C=O) groups is 1. The average Bonchev–Trinajstić information content (AvgIpc) is 3.14. The van der Waals surface area contributed by atoms with E-state index in [2.05, 4.69) is 16.8 Å². The van der Waals surface area contributed by atoms with E-state index in [0.717, 1.165) is 27.5 Å². The van der Waals surface area contributed by atoms with Crippen LogP contribution in [0.5, 0.6) is 0 Å². The van der Waals surface area contributed by atoms with E-state index in [-0.39, 0.29) is 6.03 Å². The van der Waals surface area contributed by atoms with Crippen LogP contribution in [-0.4, -0.2) is 35.8 Å². The van der Waals surface area contributed by atoms with Crippen molar-refractivity contribution < 1.29 is 9.53 Å². The molecule has 0 unspecified atom stereocenters. The number of benzene rings is 2. The van der Waals surface area contributed by atoms with Crippen LogP contribution in [0, 0.1) is 13.8 Å². The maximum Gasteiger partial charge on any atom is 0.322 e. The van der Waals surface area contributed by atoms with E-state index in [4.69, 9.17) is 16.3 Å². The highest BCUT2D eigenvalue weighted by Gasteiger charge is 2.16. The number of hydrogen-bond acceptors (Lipinski definition) is 2. The van der Waals surface area contributed by atoms with Crippen molar-refractivity contribution in [3.8, 4) is 0 Å². The second-order valence-corrected chi connectivity index (χ2v) is 7.84. The maximum atomic E-state index is 13.0. The Morgan fingerprint density at radius 2 is 1.93 bits per heavy atom. The smallest absolute Gasteiger partial charge is 0.322 e. The van der Waals surface area contributed by atoms with Crippen LogP contribution in [0.25, 0.3) is 0 Å². The topological polar surface area (TPSA) is 46.5 Å². The van der Waals surface area contributed by atoms with Gasteiger partial charge in [-0.1, -0.05) is 29.8 Å².